The summed E-state index contributed by atoms with van der Waals surface area (Å²) in [5.41, 5.74) is 0. The number of hydrogen-bond acceptors (Lipinski definition) is 6. The Labute approximate surface area is 333 Å². The van der Waals surface area contributed by atoms with Gasteiger partial charge in [0.1, 0.15) is 19.3 Å². The molecule has 0 saturated carbocycles. The quantitative estimate of drug-likeness (QED) is 0.0280. The molecule has 6 nitrogen and oxygen atoms in total. The lowest BCUT2D eigenvalue weighted by Crippen LogP contribution is -2.25. The van der Waals surface area contributed by atoms with Gasteiger partial charge in [0.25, 0.3) is 0 Å². The summed E-state index contributed by atoms with van der Waals surface area (Å²) in [6, 6.07) is 0. The van der Waals surface area contributed by atoms with Crippen LogP contribution in [0.25, 0.3) is 0 Å². The van der Waals surface area contributed by atoms with Crippen molar-refractivity contribution in [2.45, 2.75) is 226 Å². The lowest BCUT2D eigenvalue weighted by atomic mass is 9.99. The predicted octanol–water partition coefficient (Wildman–Crippen LogP) is 13.4. The third kappa shape index (κ3) is 41.0. The lowest BCUT2D eigenvalue weighted by molar-refractivity contribution is -0.152. The SMILES string of the molecule is CCCCC/C=C\C=C/[C@@H](O)C/C=C\C/C=C/CCCC(=O)OC[C@@H](O)COC(=O)CCCCCCCCCCCCCCCCCCCCC(C)CC. The average Bonchev–Trinajstić information content (AvgIpc) is 3.17. The summed E-state index contributed by atoms with van der Waals surface area (Å²) in [5.74, 6) is 0.247. The van der Waals surface area contributed by atoms with Crippen LogP contribution in [0.2, 0.25) is 0 Å². The number of aliphatic hydroxyl groups is 2. The van der Waals surface area contributed by atoms with Crippen LogP contribution in [0.4, 0.5) is 0 Å². The van der Waals surface area contributed by atoms with Gasteiger partial charge in [0, 0.05) is 12.8 Å². The minimum absolute atomic E-state index is 0.148. The predicted molar refractivity (Wildman–Crippen MR) is 230 cm³/mol. The van der Waals surface area contributed by atoms with Gasteiger partial charge >= 0.3 is 11.9 Å². The van der Waals surface area contributed by atoms with Crippen molar-refractivity contribution in [3.8, 4) is 0 Å². The van der Waals surface area contributed by atoms with Crippen LogP contribution in [0.15, 0.2) is 48.6 Å². The van der Waals surface area contributed by atoms with Gasteiger partial charge in [0.05, 0.1) is 6.10 Å². The highest BCUT2D eigenvalue weighted by Crippen LogP contribution is 2.17. The van der Waals surface area contributed by atoms with Gasteiger partial charge in [-0.3, -0.25) is 9.59 Å². The minimum Gasteiger partial charge on any atom is -0.463 e. The van der Waals surface area contributed by atoms with Crippen LogP contribution in [-0.2, 0) is 19.1 Å². The van der Waals surface area contributed by atoms with Crippen molar-refractivity contribution in [2.75, 3.05) is 13.2 Å². The van der Waals surface area contributed by atoms with Crippen molar-refractivity contribution in [2.24, 2.45) is 5.92 Å². The van der Waals surface area contributed by atoms with Gasteiger partial charge in [-0.05, 0) is 50.9 Å². The monoisotopic (exact) mass is 759 g/mol. The number of carbonyl (C=O) groups excluding carboxylic acids is 2. The highest BCUT2D eigenvalue weighted by Gasteiger charge is 2.12. The van der Waals surface area contributed by atoms with Crippen molar-refractivity contribution in [1.82, 2.24) is 0 Å². The summed E-state index contributed by atoms with van der Waals surface area (Å²) in [6.45, 7) is 6.57. The zero-order chi connectivity index (χ0) is 39.6. The van der Waals surface area contributed by atoms with Gasteiger partial charge < -0.3 is 19.7 Å². The van der Waals surface area contributed by atoms with Gasteiger partial charge in [-0.15, -0.1) is 0 Å². The van der Waals surface area contributed by atoms with Gasteiger partial charge in [-0.1, -0.05) is 204 Å². The molecule has 3 atom stereocenters. The molecule has 0 spiro atoms. The van der Waals surface area contributed by atoms with Crippen LogP contribution >= 0.6 is 0 Å². The van der Waals surface area contributed by atoms with Crippen molar-refractivity contribution in [3.05, 3.63) is 48.6 Å². The third-order valence-electron chi connectivity index (χ3n) is 10.2. The molecule has 1 unspecified atom stereocenters. The lowest BCUT2D eigenvalue weighted by Gasteiger charge is -2.12. The molecule has 0 bridgehead atoms. The first-order chi connectivity index (χ1) is 26.4. The highest BCUT2D eigenvalue weighted by atomic mass is 16.6. The van der Waals surface area contributed by atoms with E-state index in [-0.39, 0.29) is 31.6 Å². The summed E-state index contributed by atoms with van der Waals surface area (Å²) < 4.78 is 10.3. The van der Waals surface area contributed by atoms with Crippen molar-refractivity contribution in [1.29, 1.82) is 0 Å². The second kappa shape index (κ2) is 42.0. The van der Waals surface area contributed by atoms with Crippen LogP contribution in [-0.4, -0.2) is 47.6 Å². The van der Waals surface area contributed by atoms with Crippen molar-refractivity contribution < 1.29 is 29.3 Å². The molecule has 0 aromatic rings. The van der Waals surface area contributed by atoms with E-state index >= 15 is 0 Å². The van der Waals surface area contributed by atoms with Gasteiger partial charge in [-0.25, -0.2) is 0 Å². The fourth-order valence-corrected chi connectivity index (χ4v) is 6.31. The van der Waals surface area contributed by atoms with E-state index in [4.69, 9.17) is 9.47 Å². The fraction of sp³-hybridized carbons (Fsp3) is 0.792. The smallest absolute Gasteiger partial charge is 0.305 e. The molecule has 6 heteroatoms. The largest absolute Gasteiger partial charge is 0.463 e. The molecule has 0 radical (unpaired) electrons. The summed E-state index contributed by atoms with van der Waals surface area (Å²) in [7, 11) is 0. The van der Waals surface area contributed by atoms with Crippen molar-refractivity contribution >= 4 is 11.9 Å². The maximum Gasteiger partial charge on any atom is 0.305 e. The first kappa shape index (κ1) is 51.8. The average molecular weight is 759 g/mol. The van der Waals surface area contributed by atoms with Gasteiger partial charge in [0.15, 0.2) is 0 Å². The van der Waals surface area contributed by atoms with Crippen molar-refractivity contribution in [3.63, 3.8) is 0 Å². The maximum absolute atomic E-state index is 12.0. The van der Waals surface area contributed by atoms with E-state index in [2.05, 4.69) is 26.8 Å². The molecule has 54 heavy (non-hydrogen) atoms. The number of unbranched alkanes of at least 4 members (excludes halogenated alkanes) is 21. The second-order valence-electron chi connectivity index (χ2n) is 15.6. The highest BCUT2D eigenvalue weighted by molar-refractivity contribution is 5.69. The zero-order valence-electron chi connectivity index (χ0n) is 35.5. The first-order valence-electron chi connectivity index (χ1n) is 22.7. The molecule has 0 saturated heterocycles. The molecule has 0 aromatic carbocycles. The summed E-state index contributed by atoms with van der Waals surface area (Å²) in [5, 5.41) is 20.0. The van der Waals surface area contributed by atoms with Crippen LogP contribution in [0.1, 0.15) is 213 Å². The first-order valence-corrected chi connectivity index (χ1v) is 22.7. The number of rotatable bonds is 40. The molecule has 0 rings (SSSR count). The Hall–Kier alpha value is -2.18. The number of allylic oxidation sites excluding steroid dienone is 6. The second-order valence-corrected chi connectivity index (χ2v) is 15.6. The Morgan fingerprint density at radius 3 is 1.56 bits per heavy atom. The van der Waals surface area contributed by atoms with E-state index < -0.39 is 12.2 Å². The normalized spacial score (nSPS) is 13.8. The van der Waals surface area contributed by atoms with Gasteiger partial charge in [0.2, 0.25) is 0 Å². The van der Waals surface area contributed by atoms with Gasteiger partial charge in [-0.2, -0.15) is 0 Å². The zero-order valence-corrected chi connectivity index (χ0v) is 35.5. The summed E-state index contributed by atoms with van der Waals surface area (Å²) >= 11 is 0. The molecule has 0 aliphatic carbocycles. The van der Waals surface area contributed by atoms with E-state index in [9.17, 15) is 19.8 Å². The maximum atomic E-state index is 12.0. The molecule has 0 amide bonds. The Morgan fingerprint density at radius 1 is 0.537 bits per heavy atom. The molecule has 0 fully saturated rings. The molecule has 314 valence electrons. The number of hydrogen-bond donors (Lipinski definition) is 2. The van der Waals surface area contributed by atoms with E-state index in [1.807, 2.05) is 42.5 Å². The molecule has 0 aliphatic heterocycles. The standard InChI is InChI=1S/C48H86O6/c1-4-6-7-8-22-28-33-38-45(49)39-34-29-24-21-26-31-36-41-48(52)54-43-46(50)42-53-47(51)40-35-30-25-20-18-16-14-12-10-9-11-13-15-17-19-23-27-32-37-44(3)5-2/h21-22,26,28-29,33-34,38,44-46,49-50H,4-20,23-25,27,30-32,35-37,39-43H2,1-3H3/b26-21+,28-22-,34-29-,38-33-/t44?,45-,46+/m1/s1. The summed E-state index contributed by atoms with van der Waals surface area (Å²) in [4.78, 5) is 24.0. The third-order valence-corrected chi connectivity index (χ3v) is 10.2. The minimum atomic E-state index is -1.01. The number of ether oxygens (including phenoxy) is 2. The van der Waals surface area contributed by atoms with Crippen LogP contribution < -0.4 is 0 Å². The number of carbonyl (C=O) groups is 2. The van der Waals surface area contributed by atoms with E-state index in [0.29, 0.717) is 19.3 Å². The Balaban J connectivity index is 3.52. The number of aliphatic hydroxyl groups excluding tert-OH is 2. The molecule has 2 N–H and O–H groups in total. The fourth-order valence-electron chi connectivity index (χ4n) is 6.31. The van der Waals surface area contributed by atoms with E-state index in [0.717, 1.165) is 44.4 Å². The Bertz CT molecular complexity index is 937. The molecular formula is C48H86O6. The van der Waals surface area contributed by atoms with E-state index in [1.54, 1.807) is 0 Å². The van der Waals surface area contributed by atoms with E-state index in [1.165, 1.54) is 128 Å². The molecular weight excluding hydrogens is 673 g/mol. The van der Waals surface area contributed by atoms with Crippen LogP contribution in [0.3, 0.4) is 0 Å². The molecule has 0 heterocycles. The molecule has 0 aromatic heterocycles. The van der Waals surface area contributed by atoms with Crippen LogP contribution in [0.5, 0.6) is 0 Å². The molecule has 0 aliphatic rings. The number of esters is 2. The Kier molecular flexibility index (Phi) is 40.3. The summed E-state index contributed by atoms with van der Waals surface area (Å²) in [6.07, 6.45) is 49.2. The Morgan fingerprint density at radius 2 is 1.02 bits per heavy atom. The topological polar surface area (TPSA) is 93.1 Å². The van der Waals surface area contributed by atoms with Crippen LogP contribution in [0, 0.1) is 5.92 Å².